The van der Waals surface area contributed by atoms with Crippen molar-refractivity contribution in [2.24, 2.45) is 11.7 Å². The molecule has 0 bridgehead atoms. The van der Waals surface area contributed by atoms with Crippen molar-refractivity contribution in [2.75, 3.05) is 0 Å². The lowest BCUT2D eigenvalue weighted by Gasteiger charge is -2.27. The molecule has 0 radical (unpaired) electrons. The standard InChI is InChI=1S/C14H13F5NO5P/c15-8-5(9(16)11(18)12(19)10(8)17)3-4-14(24,26-25)6(13(22)23)1-2-7(20)21/h6,24H,1-4H2,(H2,20,21)(H,22,23). The van der Waals surface area contributed by atoms with E-state index in [1.54, 1.807) is 0 Å². The number of rotatable bonds is 9. The van der Waals surface area contributed by atoms with Crippen LogP contribution in [0.25, 0.3) is 0 Å². The van der Waals surface area contributed by atoms with E-state index in [9.17, 15) is 41.2 Å². The van der Waals surface area contributed by atoms with Crippen LogP contribution in [0.5, 0.6) is 0 Å². The number of carbonyl (C=O) groups excluding carboxylic acids is 1. The maximum absolute atomic E-state index is 13.6. The fraction of sp³-hybridized carbons (Fsp3) is 0.429. The molecule has 1 aromatic rings. The highest BCUT2D eigenvalue weighted by atomic mass is 31.1. The van der Waals surface area contributed by atoms with Crippen molar-refractivity contribution in [3.8, 4) is 0 Å². The Bertz CT molecular complexity index is 718. The zero-order valence-corrected chi connectivity index (χ0v) is 13.8. The van der Waals surface area contributed by atoms with E-state index in [1.807, 2.05) is 0 Å². The van der Waals surface area contributed by atoms with Crippen LogP contribution < -0.4 is 5.73 Å². The van der Waals surface area contributed by atoms with Crippen LogP contribution in [0.3, 0.4) is 0 Å². The number of hydrogen-bond acceptors (Lipinski definition) is 4. The number of amides is 1. The van der Waals surface area contributed by atoms with Gasteiger partial charge in [0, 0.05) is 12.0 Å². The van der Waals surface area contributed by atoms with Gasteiger partial charge < -0.3 is 15.9 Å². The summed E-state index contributed by atoms with van der Waals surface area (Å²) in [6, 6.07) is 0. The van der Waals surface area contributed by atoms with Gasteiger partial charge in [0.1, 0.15) is 0 Å². The van der Waals surface area contributed by atoms with Gasteiger partial charge in [-0.2, -0.15) is 0 Å². The van der Waals surface area contributed by atoms with Crippen LogP contribution in [0.4, 0.5) is 22.0 Å². The monoisotopic (exact) mass is 401 g/mol. The molecule has 1 aromatic carbocycles. The lowest BCUT2D eigenvalue weighted by atomic mass is 9.91. The largest absolute Gasteiger partial charge is 0.481 e. The third-order valence-corrected chi connectivity index (χ3v) is 4.59. The number of carboxylic acid groups (broad SMARTS) is 1. The van der Waals surface area contributed by atoms with Crippen LogP contribution in [0.15, 0.2) is 0 Å². The molecular weight excluding hydrogens is 388 g/mol. The summed E-state index contributed by atoms with van der Waals surface area (Å²) in [5.41, 5.74) is 3.58. The second-order valence-electron chi connectivity index (χ2n) is 5.41. The average molecular weight is 401 g/mol. The summed E-state index contributed by atoms with van der Waals surface area (Å²) in [7, 11) is -1.17. The predicted molar refractivity (Wildman–Crippen MR) is 76.7 cm³/mol. The summed E-state index contributed by atoms with van der Waals surface area (Å²) < 4.78 is 77.9. The molecule has 2 unspecified atom stereocenters. The van der Waals surface area contributed by atoms with Crippen molar-refractivity contribution in [1.29, 1.82) is 0 Å². The molecule has 6 nitrogen and oxygen atoms in total. The number of carbonyl (C=O) groups is 2. The Morgan fingerprint density at radius 1 is 1.04 bits per heavy atom. The summed E-state index contributed by atoms with van der Waals surface area (Å²) in [5, 5.41) is 16.7. The smallest absolute Gasteiger partial charge is 0.310 e. The number of carboxylic acids is 1. The number of nitrogens with two attached hydrogens (primary N) is 1. The predicted octanol–water partition coefficient (Wildman–Crippen LogP) is 2.26. The van der Waals surface area contributed by atoms with Crippen LogP contribution in [-0.2, 0) is 20.6 Å². The van der Waals surface area contributed by atoms with Gasteiger partial charge in [0.2, 0.25) is 11.7 Å². The van der Waals surface area contributed by atoms with E-state index in [0.717, 1.165) is 0 Å². The number of halogens is 5. The Balaban J connectivity index is 3.17. The molecule has 0 aliphatic rings. The third-order valence-electron chi connectivity index (χ3n) is 3.74. The van der Waals surface area contributed by atoms with E-state index < -0.39 is 91.9 Å². The Kier molecular flexibility index (Phi) is 7.16. The van der Waals surface area contributed by atoms with E-state index >= 15 is 0 Å². The van der Waals surface area contributed by atoms with Gasteiger partial charge in [0.25, 0.3) is 0 Å². The molecule has 0 aromatic heterocycles. The van der Waals surface area contributed by atoms with E-state index in [-0.39, 0.29) is 0 Å². The van der Waals surface area contributed by atoms with E-state index in [0.29, 0.717) is 0 Å². The van der Waals surface area contributed by atoms with Gasteiger partial charge in [-0.15, -0.1) is 0 Å². The molecular formula is C14H13F5NO5P. The van der Waals surface area contributed by atoms with Crippen LogP contribution >= 0.6 is 8.46 Å². The topological polar surface area (TPSA) is 118 Å². The number of primary amides is 1. The normalized spacial score (nSPS) is 14.8. The van der Waals surface area contributed by atoms with Crippen LogP contribution in [-0.4, -0.2) is 27.4 Å². The summed E-state index contributed by atoms with van der Waals surface area (Å²) in [4.78, 5) is 22.0. The minimum Gasteiger partial charge on any atom is -0.481 e. The van der Waals surface area contributed by atoms with Crippen molar-refractivity contribution in [2.45, 2.75) is 31.0 Å². The molecule has 0 fully saturated rings. The van der Waals surface area contributed by atoms with Crippen LogP contribution in [0.1, 0.15) is 24.8 Å². The van der Waals surface area contributed by atoms with Gasteiger partial charge in [-0.25, -0.2) is 22.0 Å². The molecule has 4 N–H and O–H groups in total. The molecule has 0 aliphatic carbocycles. The average Bonchev–Trinajstić information content (AvgIpc) is 2.57. The molecule has 1 rings (SSSR count). The lowest BCUT2D eigenvalue weighted by Crippen LogP contribution is -2.39. The van der Waals surface area contributed by atoms with Crippen molar-refractivity contribution in [1.82, 2.24) is 0 Å². The van der Waals surface area contributed by atoms with Crippen molar-refractivity contribution < 1.29 is 46.3 Å². The second-order valence-corrected chi connectivity index (χ2v) is 6.37. The fourth-order valence-electron chi connectivity index (χ4n) is 2.30. The Morgan fingerprint density at radius 2 is 1.50 bits per heavy atom. The zero-order chi connectivity index (χ0) is 20.2. The highest BCUT2D eigenvalue weighted by molar-refractivity contribution is 7.25. The summed E-state index contributed by atoms with van der Waals surface area (Å²) in [6.45, 7) is 0. The number of hydrogen-bond donors (Lipinski definition) is 3. The number of benzene rings is 1. The van der Waals surface area contributed by atoms with Gasteiger partial charge in [0.15, 0.2) is 37.1 Å². The van der Waals surface area contributed by atoms with Crippen LogP contribution in [0.2, 0.25) is 0 Å². The number of aliphatic hydroxyl groups is 1. The summed E-state index contributed by atoms with van der Waals surface area (Å²) in [6.07, 6.45) is -2.98. The molecule has 144 valence electrons. The zero-order valence-electron chi connectivity index (χ0n) is 12.9. The molecule has 0 heterocycles. The first kappa shape index (κ1) is 21.9. The molecule has 0 saturated heterocycles. The molecule has 1 amide bonds. The van der Waals surface area contributed by atoms with Crippen molar-refractivity contribution >= 4 is 20.3 Å². The van der Waals surface area contributed by atoms with E-state index in [2.05, 4.69) is 0 Å². The maximum atomic E-state index is 13.6. The molecule has 12 heteroatoms. The van der Waals surface area contributed by atoms with Crippen molar-refractivity contribution in [3.63, 3.8) is 0 Å². The van der Waals surface area contributed by atoms with Gasteiger partial charge in [0.05, 0.1) is 5.92 Å². The Hall–Kier alpha value is -2.13. The third kappa shape index (κ3) is 4.53. The van der Waals surface area contributed by atoms with Gasteiger partial charge >= 0.3 is 5.97 Å². The molecule has 0 aliphatic heterocycles. The maximum Gasteiger partial charge on any atom is 0.310 e. The van der Waals surface area contributed by atoms with Crippen molar-refractivity contribution in [3.05, 3.63) is 34.6 Å². The summed E-state index contributed by atoms with van der Waals surface area (Å²) >= 11 is 0. The first-order valence-electron chi connectivity index (χ1n) is 7.04. The second kappa shape index (κ2) is 8.50. The van der Waals surface area contributed by atoms with Crippen LogP contribution in [0, 0.1) is 35.0 Å². The van der Waals surface area contributed by atoms with Gasteiger partial charge in [-0.05, 0) is 19.3 Å². The molecule has 0 spiro atoms. The highest BCUT2D eigenvalue weighted by Gasteiger charge is 2.43. The minimum absolute atomic E-state index is 0.503. The quantitative estimate of drug-likeness (QED) is 0.254. The molecule has 26 heavy (non-hydrogen) atoms. The van der Waals surface area contributed by atoms with E-state index in [1.165, 1.54) is 0 Å². The van der Waals surface area contributed by atoms with E-state index in [4.69, 9.17) is 10.8 Å². The van der Waals surface area contributed by atoms with Gasteiger partial charge in [-0.3, -0.25) is 14.2 Å². The Labute approximate surface area is 145 Å². The lowest BCUT2D eigenvalue weighted by molar-refractivity contribution is -0.148. The summed E-state index contributed by atoms with van der Waals surface area (Å²) in [5.74, 6) is -15.5. The first-order valence-corrected chi connectivity index (χ1v) is 7.85. The van der Waals surface area contributed by atoms with Gasteiger partial charge in [-0.1, -0.05) is 0 Å². The SMILES string of the molecule is NC(=O)CCC(C(=O)O)C(O)(CCc1c(F)c(F)c(F)c(F)c1F)P=O. The minimum atomic E-state index is -2.62. The molecule has 0 saturated carbocycles. The Morgan fingerprint density at radius 3 is 1.88 bits per heavy atom. The molecule has 2 atom stereocenters. The first-order chi connectivity index (χ1) is 12.0. The fourth-order valence-corrected chi connectivity index (χ4v) is 2.87. The number of aliphatic carboxylic acids is 1. The highest BCUT2D eigenvalue weighted by Crippen LogP contribution is 2.37.